The van der Waals surface area contributed by atoms with Gasteiger partial charge < -0.3 is 14.6 Å². The molecule has 0 amide bonds. The first kappa shape index (κ1) is 15.6. The first-order valence-electron chi connectivity index (χ1n) is 7.16. The number of carbonyl (C=O) groups is 1. The molecule has 3 atom stereocenters. The highest BCUT2D eigenvalue weighted by Gasteiger charge is 2.36. The summed E-state index contributed by atoms with van der Waals surface area (Å²) in [6.45, 7) is 5.48. The Morgan fingerprint density at radius 2 is 1.95 bits per heavy atom. The number of benzene rings is 1. The number of hydrogen-bond donors (Lipinski definition) is 1. The topological polar surface area (TPSA) is 59.0 Å². The van der Waals surface area contributed by atoms with E-state index in [4.69, 9.17) is 9.47 Å². The Kier molecular flexibility index (Phi) is 4.73. The minimum atomic E-state index is -0.704. The Morgan fingerprint density at radius 1 is 1.29 bits per heavy atom. The summed E-state index contributed by atoms with van der Waals surface area (Å²) in [5.41, 5.74) is 1.10. The third-order valence-electron chi connectivity index (χ3n) is 4.40. The predicted molar refractivity (Wildman–Crippen MR) is 79.8 cm³/mol. The summed E-state index contributed by atoms with van der Waals surface area (Å²) in [7, 11) is 3.23. The molecule has 1 aromatic rings. The normalized spacial score (nSPS) is 23.8. The molecule has 0 saturated carbocycles. The highest BCUT2D eigenvalue weighted by Crippen LogP contribution is 2.35. The molecule has 1 heterocycles. The highest BCUT2D eigenvalue weighted by atomic mass is 16.5. The Morgan fingerprint density at radius 3 is 2.48 bits per heavy atom. The van der Waals surface area contributed by atoms with Gasteiger partial charge in [0.25, 0.3) is 0 Å². The van der Waals surface area contributed by atoms with Crippen LogP contribution < -0.4 is 9.47 Å². The fraction of sp³-hybridized carbons (Fsp3) is 0.562. The van der Waals surface area contributed by atoms with Crippen molar-refractivity contribution in [2.75, 3.05) is 27.3 Å². The lowest BCUT2D eigenvalue weighted by Gasteiger charge is -2.25. The number of hydrogen-bond acceptors (Lipinski definition) is 4. The number of carboxylic acid groups (broad SMARTS) is 1. The van der Waals surface area contributed by atoms with Crippen LogP contribution in [0.15, 0.2) is 18.2 Å². The van der Waals surface area contributed by atoms with E-state index in [1.54, 1.807) is 14.2 Å². The molecular formula is C16H23NO4. The van der Waals surface area contributed by atoms with Crippen LogP contribution in [0.5, 0.6) is 11.5 Å². The monoisotopic (exact) mass is 293 g/mol. The second-order valence-corrected chi connectivity index (χ2v) is 5.67. The van der Waals surface area contributed by atoms with Gasteiger partial charge in [-0.25, -0.2) is 0 Å². The van der Waals surface area contributed by atoms with Crippen LogP contribution in [0.2, 0.25) is 0 Å². The van der Waals surface area contributed by atoms with Crippen LogP contribution >= 0.6 is 0 Å². The SMILES string of the molecule is COc1ccc(C(C)N2CC(C)C(C(=O)O)C2)cc1OC. The van der Waals surface area contributed by atoms with Crippen LogP contribution in [-0.2, 0) is 4.79 Å². The molecule has 3 unspecified atom stereocenters. The van der Waals surface area contributed by atoms with Gasteiger partial charge in [-0.15, -0.1) is 0 Å². The lowest BCUT2D eigenvalue weighted by atomic mass is 9.99. The quantitative estimate of drug-likeness (QED) is 0.903. The van der Waals surface area contributed by atoms with Crippen molar-refractivity contribution in [2.24, 2.45) is 11.8 Å². The third kappa shape index (κ3) is 3.13. The van der Waals surface area contributed by atoms with E-state index in [-0.39, 0.29) is 17.9 Å². The van der Waals surface area contributed by atoms with Gasteiger partial charge in [-0.05, 0) is 30.5 Å². The van der Waals surface area contributed by atoms with Gasteiger partial charge in [0.15, 0.2) is 11.5 Å². The van der Waals surface area contributed by atoms with Gasteiger partial charge in [0.05, 0.1) is 20.1 Å². The van der Waals surface area contributed by atoms with Crippen molar-refractivity contribution in [3.63, 3.8) is 0 Å². The molecule has 1 fully saturated rings. The van der Waals surface area contributed by atoms with Crippen molar-refractivity contribution in [2.45, 2.75) is 19.9 Å². The van der Waals surface area contributed by atoms with Crippen LogP contribution in [0.25, 0.3) is 0 Å². The summed E-state index contributed by atoms with van der Waals surface area (Å²) in [5, 5.41) is 9.24. The largest absolute Gasteiger partial charge is 0.493 e. The highest BCUT2D eigenvalue weighted by molar-refractivity contribution is 5.71. The summed E-state index contributed by atoms with van der Waals surface area (Å²) in [6.07, 6.45) is 0. The van der Waals surface area contributed by atoms with E-state index in [0.717, 1.165) is 12.1 Å². The molecule has 1 aromatic carbocycles. The molecule has 2 rings (SSSR count). The number of likely N-dealkylation sites (tertiary alicyclic amines) is 1. The van der Waals surface area contributed by atoms with Crippen LogP contribution in [0.1, 0.15) is 25.5 Å². The zero-order valence-electron chi connectivity index (χ0n) is 13.0. The van der Waals surface area contributed by atoms with Crippen molar-refractivity contribution >= 4 is 5.97 Å². The summed E-state index contributed by atoms with van der Waals surface area (Å²) >= 11 is 0. The molecular weight excluding hydrogens is 270 g/mol. The molecule has 1 aliphatic rings. The van der Waals surface area contributed by atoms with Crippen molar-refractivity contribution < 1.29 is 19.4 Å². The number of aliphatic carboxylic acids is 1. The molecule has 21 heavy (non-hydrogen) atoms. The van der Waals surface area contributed by atoms with Crippen molar-refractivity contribution in [3.05, 3.63) is 23.8 Å². The van der Waals surface area contributed by atoms with Crippen molar-refractivity contribution in [3.8, 4) is 11.5 Å². The lowest BCUT2D eigenvalue weighted by Crippen LogP contribution is -2.26. The number of carboxylic acids is 1. The minimum absolute atomic E-state index is 0.150. The molecule has 0 spiro atoms. The summed E-state index contributed by atoms with van der Waals surface area (Å²) in [5.74, 6) is 0.581. The standard InChI is InChI=1S/C16H23NO4/c1-10-8-17(9-13(10)16(18)19)11(2)12-5-6-14(20-3)15(7-12)21-4/h5-7,10-11,13H,8-9H2,1-4H3,(H,18,19). The molecule has 1 saturated heterocycles. The Balaban J connectivity index is 2.17. The fourth-order valence-corrected chi connectivity index (χ4v) is 2.97. The smallest absolute Gasteiger partial charge is 0.308 e. The van der Waals surface area contributed by atoms with E-state index in [2.05, 4.69) is 11.8 Å². The van der Waals surface area contributed by atoms with Gasteiger partial charge in [0, 0.05) is 19.1 Å². The Bertz CT molecular complexity index is 517. The zero-order valence-corrected chi connectivity index (χ0v) is 13.0. The van der Waals surface area contributed by atoms with Crippen LogP contribution in [-0.4, -0.2) is 43.3 Å². The average Bonchev–Trinajstić information content (AvgIpc) is 2.87. The lowest BCUT2D eigenvalue weighted by molar-refractivity contribution is -0.142. The molecule has 116 valence electrons. The van der Waals surface area contributed by atoms with Gasteiger partial charge in [0.2, 0.25) is 0 Å². The Hall–Kier alpha value is -1.75. The van der Waals surface area contributed by atoms with E-state index in [1.165, 1.54) is 0 Å². The van der Waals surface area contributed by atoms with E-state index < -0.39 is 5.97 Å². The number of nitrogens with zero attached hydrogens (tertiary/aromatic N) is 1. The second-order valence-electron chi connectivity index (χ2n) is 5.67. The number of ether oxygens (including phenoxy) is 2. The van der Waals surface area contributed by atoms with Crippen molar-refractivity contribution in [1.82, 2.24) is 4.90 Å². The van der Waals surface area contributed by atoms with Crippen LogP contribution in [0.3, 0.4) is 0 Å². The minimum Gasteiger partial charge on any atom is -0.493 e. The molecule has 1 N–H and O–H groups in total. The van der Waals surface area contributed by atoms with Gasteiger partial charge in [-0.3, -0.25) is 9.69 Å². The molecule has 5 heteroatoms. The van der Waals surface area contributed by atoms with E-state index in [9.17, 15) is 9.90 Å². The maximum absolute atomic E-state index is 11.2. The van der Waals surface area contributed by atoms with Crippen LogP contribution in [0, 0.1) is 11.8 Å². The summed E-state index contributed by atoms with van der Waals surface area (Å²) in [6, 6.07) is 6.00. The van der Waals surface area contributed by atoms with E-state index in [0.29, 0.717) is 18.0 Å². The van der Waals surface area contributed by atoms with E-state index >= 15 is 0 Å². The molecule has 0 bridgehead atoms. The zero-order chi connectivity index (χ0) is 15.6. The van der Waals surface area contributed by atoms with Gasteiger partial charge in [0.1, 0.15) is 0 Å². The van der Waals surface area contributed by atoms with Gasteiger partial charge >= 0.3 is 5.97 Å². The Labute approximate surface area is 125 Å². The molecule has 1 aliphatic heterocycles. The number of methoxy groups -OCH3 is 2. The average molecular weight is 293 g/mol. The molecule has 0 radical (unpaired) electrons. The van der Waals surface area contributed by atoms with Crippen LogP contribution in [0.4, 0.5) is 0 Å². The maximum atomic E-state index is 11.2. The van der Waals surface area contributed by atoms with Crippen molar-refractivity contribution in [1.29, 1.82) is 0 Å². The molecule has 0 aromatic heterocycles. The predicted octanol–water partition coefficient (Wildman–Crippen LogP) is 2.42. The second kappa shape index (κ2) is 6.35. The molecule has 0 aliphatic carbocycles. The summed E-state index contributed by atoms with van der Waals surface area (Å²) < 4.78 is 10.6. The fourth-order valence-electron chi connectivity index (χ4n) is 2.97. The first-order valence-corrected chi connectivity index (χ1v) is 7.16. The molecule has 5 nitrogen and oxygen atoms in total. The van der Waals surface area contributed by atoms with Gasteiger partial charge in [-0.1, -0.05) is 13.0 Å². The first-order chi connectivity index (χ1) is 9.97. The summed E-state index contributed by atoms with van der Waals surface area (Å²) in [4.78, 5) is 13.5. The third-order valence-corrected chi connectivity index (χ3v) is 4.40. The van der Waals surface area contributed by atoms with Gasteiger partial charge in [-0.2, -0.15) is 0 Å². The van der Waals surface area contributed by atoms with E-state index in [1.807, 2.05) is 25.1 Å². The maximum Gasteiger partial charge on any atom is 0.308 e. The number of rotatable bonds is 5.